The standard InChI is InChI=1S/C44H80/c1-38(39-30-22-14-6-2-7-15-23-31-39)43(40-32-24-16-8-3-9-17-25-33-40)44(41-34-26-18-10-4-11-19-27-35-41)42-36-28-20-12-5-13-21-29-37-42/h39-42,44H,2-37H2,1H3/b43-38+. The lowest BCUT2D eigenvalue weighted by molar-refractivity contribution is 0.177. The van der Waals surface area contributed by atoms with Gasteiger partial charge in [-0.1, -0.05) is 191 Å². The van der Waals surface area contributed by atoms with E-state index in [9.17, 15) is 0 Å². The van der Waals surface area contributed by atoms with Crippen molar-refractivity contribution in [3.05, 3.63) is 11.1 Å². The molecule has 256 valence electrons. The maximum absolute atomic E-state index is 2.76. The molecule has 0 atom stereocenters. The van der Waals surface area contributed by atoms with Gasteiger partial charge in [0.05, 0.1) is 0 Å². The lowest BCUT2D eigenvalue weighted by Crippen LogP contribution is -2.32. The molecule has 0 aromatic rings. The van der Waals surface area contributed by atoms with E-state index in [4.69, 9.17) is 0 Å². The molecule has 0 radical (unpaired) electrons. The summed E-state index contributed by atoms with van der Waals surface area (Å²) >= 11 is 0. The minimum absolute atomic E-state index is 0.889. The molecule has 0 amide bonds. The molecule has 0 heteroatoms. The summed E-state index contributed by atoms with van der Waals surface area (Å²) in [6.07, 6.45) is 54.4. The van der Waals surface area contributed by atoms with Crippen molar-refractivity contribution in [2.75, 3.05) is 0 Å². The molecule has 4 fully saturated rings. The molecule has 0 N–H and O–H groups in total. The van der Waals surface area contributed by atoms with Crippen molar-refractivity contribution < 1.29 is 0 Å². The van der Waals surface area contributed by atoms with Crippen LogP contribution in [0.2, 0.25) is 0 Å². The SMILES string of the molecule is C/C(=C(/C1CCCCCCCCC1)C(C1CCCCCCCCC1)C1CCCCCCCCC1)C1CCCCCCCCC1. The van der Waals surface area contributed by atoms with Crippen molar-refractivity contribution >= 4 is 0 Å². The summed E-state index contributed by atoms with van der Waals surface area (Å²) < 4.78 is 0. The number of allylic oxidation sites excluding steroid dienone is 2. The summed E-state index contributed by atoms with van der Waals surface area (Å²) in [7, 11) is 0. The first-order valence-electron chi connectivity index (χ1n) is 21.5. The molecule has 0 spiro atoms. The Morgan fingerprint density at radius 1 is 0.295 bits per heavy atom. The van der Waals surface area contributed by atoms with Gasteiger partial charge < -0.3 is 0 Å². The molecular formula is C44H80. The second-order valence-electron chi connectivity index (χ2n) is 16.8. The minimum atomic E-state index is 0.889. The predicted octanol–water partition coefficient (Wildman–Crippen LogP) is 15.5. The van der Waals surface area contributed by atoms with Crippen molar-refractivity contribution in [1.82, 2.24) is 0 Å². The second-order valence-corrected chi connectivity index (χ2v) is 16.8. The van der Waals surface area contributed by atoms with Crippen molar-refractivity contribution in [3.63, 3.8) is 0 Å². The molecule has 4 rings (SSSR count). The summed E-state index contributed by atoms with van der Waals surface area (Å²) in [6, 6.07) is 0. The topological polar surface area (TPSA) is 0 Å². The third-order valence-corrected chi connectivity index (χ3v) is 13.4. The first kappa shape index (κ1) is 36.6. The van der Waals surface area contributed by atoms with Crippen LogP contribution in [0.15, 0.2) is 11.1 Å². The fourth-order valence-electron chi connectivity index (χ4n) is 10.7. The third-order valence-electron chi connectivity index (χ3n) is 13.4. The van der Waals surface area contributed by atoms with Gasteiger partial charge in [-0.3, -0.25) is 0 Å². The van der Waals surface area contributed by atoms with Crippen LogP contribution in [-0.2, 0) is 0 Å². The van der Waals surface area contributed by atoms with E-state index in [0.717, 1.165) is 29.6 Å². The average Bonchev–Trinajstić information content (AvgIpc) is 3.06. The van der Waals surface area contributed by atoms with Gasteiger partial charge in [0.15, 0.2) is 0 Å². The zero-order valence-electron chi connectivity index (χ0n) is 30.3. The van der Waals surface area contributed by atoms with Gasteiger partial charge in [-0.2, -0.15) is 0 Å². The van der Waals surface area contributed by atoms with Crippen LogP contribution < -0.4 is 0 Å². The summed E-state index contributed by atoms with van der Waals surface area (Å²) in [4.78, 5) is 0. The molecule has 4 saturated carbocycles. The first-order valence-corrected chi connectivity index (χ1v) is 21.5. The smallest absolute Gasteiger partial charge is 0.0141 e. The maximum atomic E-state index is 2.76. The molecular weight excluding hydrogens is 528 g/mol. The van der Waals surface area contributed by atoms with E-state index in [1.165, 1.54) is 205 Å². The molecule has 0 bridgehead atoms. The zero-order chi connectivity index (χ0) is 30.5. The van der Waals surface area contributed by atoms with Crippen LogP contribution in [0.3, 0.4) is 0 Å². The lowest BCUT2D eigenvalue weighted by atomic mass is 9.63. The van der Waals surface area contributed by atoms with E-state index in [-0.39, 0.29) is 0 Å². The highest BCUT2D eigenvalue weighted by atomic mass is 14.4. The van der Waals surface area contributed by atoms with E-state index in [1.54, 1.807) is 25.7 Å². The molecule has 0 aliphatic heterocycles. The van der Waals surface area contributed by atoms with Crippen LogP contribution in [0.25, 0.3) is 0 Å². The third kappa shape index (κ3) is 13.5. The van der Waals surface area contributed by atoms with E-state index >= 15 is 0 Å². The van der Waals surface area contributed by atoms with Crippen LogP contribution in [0.5, 0.6) is 0 Å². The largest absolute Gasteiger partial charge is 0.0704 e. The first-order chi connectivity index (χ1) is 21.8. The average molecular weight is 609 g/mol. The van der Waals surface area contributed by atoms with Crippen LogP contribution in [0.4, 0.5) is 0 Å². The highest BCUT2D eigenvalue weighted by molar-refractivity contribution is 5.23. The number of rotatable bonds is 5. The summed E-state index contributed by atoms with van der Waals surface area (Å²) in [5.74, 6) is 4.65. The Morgan fingerprint density at radius 3 is 0.818 bits per heavy atom. The van der Waals surface area contributed by atoms with Crippen molar-refractivity contribution in [3.8, 4) is 0 Å². The monoisotopic (exact) mass is 609 g/mol. The fourth-order valence-corrected chi connectivity index (χ4v) is 10.7. The molecule has 0 unspecified atom stereocenters. The Morgan fingerprint density at radius 2 is 0.523 bits per heavy atom. The predicted molar refractivity (Wildman–Crippen MR) is 196 cm³/mol. The van der Waals surface area contributed by atoms with Crippen LogP contribution in [0, 0.1) is 29.6 Å². The lowest BCUT2D eigenvalue weighted by Gasteiger charge is -2.42. The van der Waals surface area contributed by atoms with Gasteiger partial charge >= 0.3 is 0 Å². The number of hydrogen-bond donors (Lipinski definition) is 0. The van der Waals surface area contributed by atoms with Crippen molar-refractivity contribution in [2.45, 2.75) is 238 Å². The van der Waals surface area contributed by atoms with E-state index in [2.05, 4.69) is 12.5 Å². The summed E-state index contributed by atoms with van der Waals surface area (Å²) in [5, 5.41) is 0. The highest BCUT2D eigenvalue weighted by Gasteiger charge is 2.37. The van der Waals surface area contributed by atoms with Gasteiger partial charge in [-0.05, 0) is 87.9 Å². The van der Waals surface area contributed by atoms with Crippen molar-refractivity contribution in [1.29, 1.82) is 0 Å². The van der Waals surface area contributed by atoms with Crippen LogP contribution in [-0.4, -0.2) is 0 Å². The van der Waals surface area contributed by atoms with Gasteiger partial charge in [0, 0.05) is 0 Å². The maximum Gasteiger partial charge on any atom is -0.0141 e. The molecule has 0 aromatic heterocycles. The molecule has 0 heterocycles. The van der Waals surface area contributed by atoms with E-state index in [1.807, 2.05) is 5.57 Å². The van der Waals surface area contributed by atoms with E-state index < -0.39 is 0 Å². The molecule has 0 aromatic carbocycles. The molecule has 4 aliphatic rings. The molecule has 4 aliphatic carbocycles. The Bertz CT molecular complexity index is 664. The van der Waals surface area contributed by atoms with Gasteiger partial charge in [-0.25, -0.2) is 0 Å². The minimum Gasteiger partial charge on any atom is -0.0704 e. The summed E-state index contributed by atoms with van der Waals surface area (Å²) in [5.41, 5.74) is 4.14. The van der Waals surface area contributed by atoms with E-state index in [0.29, 0.717) is 0 Å². The van der Waals surface area contributed by atoms with Crippen LogP contribution >= 0.6 is 0 Å². The normalized spacial score (nSPS) is 26.9. The van der Waals surface area contributed by atoms with Gasteiger partial charge in [-0.15, -0.1) is 0 Å². The van der Waals surface area contributed by atoms with Gasteiger partial charge in [0.1, 0.15) is 0 Å². The zero-order valence-corrected chi connectivity index (χ0v) is 30.3. The Balaban J connectivity index is 1.75. The van der Waals surface area contributed by atoms with Gasteiger partial charge in [0.25, 0.3) is 0 Å². The Hall–Kier alpha value is -0.260. The van der Waals surface area contributed by atoms with Crippen LogP contribution in [0.1, 0.15) is 238 Å². The summed E-state index contributed by atoms with van der Waals surface area (Å²) in [6.45, 7) is 2.76. The number of hydrogen-bond acceptors (Lipinski definition) is 0. The Kier molecular flexibility index (Phi) is 19.2. The second kappa shape index (κ2) is 23.1. The molecule has 44 heavy (non-hydrogen) atoms. The quantitative estimate of drug-likeness (QED) is 0.272. The van der Waals surface area contributed by atoms with Crippen molar-refractivity contribution in [2.24, 2.45) is 29.6 Å². The van der Waals surface area contributed by atoms with Gasteiger partial charge in [0.2, 0.25) is 0 Å². The highest BCUT2D eigenvalue weighted by Crippen LogP contribution is 2.48. The molecule has 0 nitrogen and oxygen atoms in total. The Labute approximate surface area is 278 Å². The fraction of sp³-hybridized carbons (Fsp3) is 0.955. The molecule has 0 saturated heterocycles.